The van der Waals surface area contributed by atoms with Crippen LogP contribution in [0.5, 0.6) is 0 Å². The van der Waals surface area contributed by atoms with E-state index < -0.39 is 6.04 Å². The molecule has 0 aromatic rings. The van der Waals surface area contributed by atoms with E-state index in [1.54, 1.807) is 0 Å². The molecule has 3 N–H and O–H groups in total. The number of hydrogen-bond donors (Lipinski definition) is 2. The number of nitrogens with two attached hydrogens (primary N) is 1. The Balaban J connectivity index is 1.98. The van der Waals surface area contributed by atoms with Gasteiger partial charge in [0.05, 0.1) is 6.42 Å². The van der Waals surface area contributed by atoms with Gasteiger partial charge in [-0.05, 0) is 18.8 Å². The largest absolute Gasteiger partial charge is 0.344 e. The monoisotopic (exact) mass is 267 g/mol. The minimum atomic E-state index is -0.699. The van der Waals surface area contributed by atoms with Crippen molar-refractivity contribution in [1.29, 1.82) is 0 Å². The van der Waals surface area contributed by atoms with Crippen molar-refractivity contribution in [2.24, 2.45) is 17.6 Å². The lowest BCUT2D eigenvalue weighted by atomic mass is 9.77. The molecule has 2 aliphatic rings. The summed E-state index contributed by atoms with van der Waals surface area (Å²) in [7, 11) is 1.44. The van der Waals surface area contributed by atoms with Crippen LogP contribution in [0.1, 0.15) is 32.6 Å². The molecule has 0 radical (unpaired) electrons. The van der Waals surface area contributed by atoms with Crippen LogP contribution in [-0.4, -0.2) is 41.8 Å². The fraction of sp³-hybridized carbons (Fsp3) is 0.769. The highest BCUT2D eigenvalue weighted by atomic mass is 16.2. The van der Waals surface area contributed by atoms with E-state index in [0.29, 0.717) is 0 Å². The van der Waals surface area contributed by atoms with E-state index in [4.69, 9.17) is 5.73 Å². The zero-order valence-corrected chi connectivity index (χ0v) is 11.4. The Bertz CT molecular complexity index is 410. The Kier molecular flexibility index (Phi) is 3.89. The lowest BCUT2D eigenvalue weighted by Crippen LogP contribution is -2.48. The van der Waals surface area contributed by atoms with Gasteiger partial charge in [0.1, 0.15) is 6.04 Å². The maximum absolute atomic E-state index is 12.2. The third kappa shape index (κ3) is 2.63. The van der Waals surface area contributed by atoms with Gasteiger partial charge in [-0.1, -0.05) is 13.3 Å². The number of carbonyl (C=O) groups is 3. The molecule has 4 unspecified atom stereocenters. The van der Waals surface area contributed by atoms with Crippen molar-refractivity contribution < 1.29 is 14.4 Å². The van der Waals surface area contributed by atoms with E-state index in [1.807, 2.05) is 6.92 Å². The predicted octanol–water partition coefficient (Wildman–Crippen LogP) is -0.377. The van der Waals surface area contributed by atoms with Gasteiger partial charge >= 0.3 is 0 Å². The van der Waals surface area contributed by atoms with Crippen molar-refractivity contribution in [2.75, 3.05) is 7.05 Å². The van der Waals surface area contributed by atoms with Crippen molar-refractivity contribution >= 4 is 17.7 Å². The number of hydrogen-bond acceptors (Lipinski definition) is 4. The molecule has 2 fully saturated rings. The van der Waals surface area contributed by atoms with E-state index in [-0.39, 0.29) is 42.0 Å². The summed E-state index contributed by atoms with van der Waals surface area (Å²) in [6, 6.07) is -0.663. The fourth-order valence-electron chi connectivity index (χ4n) is 2.91. The molecule has 0 aromatic carbocycles. The smallest absolute Gasteiger partial charge is 0.252 e. The van der Waals surface area contributed by atoms with Crippen LogP contribution in [0.25, 0.3) is 0 Å². The molecule has 4 atom stereocenters. The highest BCUT2D eigenvalue weighted by molar-refractivity contribution is 6.06. The van der Waals surface area contributed by atoms with Crippen LogP contribution in [0.2, 0.25) is 0 Å². The number of likely N-dealkylation sites (tertiary alicyclic amines) is 1. The number of likely N-dealkylation sites (N-methyl/N-ethyl adjacent to an activating group) is 1. The third-order valence-corrected chi connectivity index (χ3v) is 4.40. The number of imide groups is 1. The Morgan fingerprint density at radius 2 is 2.05 bits per heavy atom. The minimum absolute atomic E-state index is 0.0353. The minimum Gasteiger partial charge on any atom is -0.344 e. The summed E-state index contributed by atoms with van der Waals surface area (Å²) >= 11 is 0. The molecule has 1 heterocycles. The first-order chi connectivity index (χ1) is 8.91. The van der Waals surface area contributed by atoms with Gasteiger partial charge < -0.3 is 11.1 Å². The zero-order chi connectivity index (χ0) is 14.2. The molecule has 106 valence electrons. The van der Waals surface area contributed by atoms with Crippen molar-refractivity contribution in [3.05, 3.63) is 0 Å². The summed E-state index contributed by atoms with van der Waals surface area (Å²) < 4.78 is 0. The average molecular weight is 267 g/mol. The third-order valence-electron chi connectivity index (χ3n) is 4.40. The van der Waals surface area contributed by atoms with Gasteiger partial charge in [-0.3, -0.25) is 19.3 Å². The van der Waals surface area contributed by atoms with Gasteiger partial charge in [0.25, 0.3) is 5.91 Å². The second-order valence-corrected chi connectivity index (χ2v) is 5.62. The van der Waals surface area contributed by atoms with Gasteiger partial charge in [-0.25, -0.2) is 0 Å². The lowest BCUT2D eigenvalue weighted by Gasteiger charge is -2.33. The highest BCUT2D eigenvalue weighted by Gasteiger charge is 2.39. The second-order valence-electron chi connectivity index (χ2n) is 5.62. The lowest BCUT2D eigenvalue weighted by molar-refractivity contribution is -0.138. The van der Waals surface area contributed by atoms with Crippen LogP contribution >= 0.6 is 0 Å². The number of nitrogens with zero attached hydrogens (tertiary/aromatic N) is 1. The SMILES string of the molecule is CC1C(N)CCCC1C(=O)NC1CC(=O)N(C)C1=O. The molecule has 2 rings (SSSR count). The summed E-state index contributed by atoms with van der Waals surface area (Å²) in [5.74, 6) is -0.768. The van der Waals surface area contributed by atoms with E-state index >= 15 is 0 Å². The number of amides is 3. The Labute approximate surface area is 112 Å². The van der Waals surface area contributed by atoms with E-state index in [0.717, 1.165) is 24.2 Å². The van der Waals surface area contributed by atoms with Crippen molar-refractivity contribution in [1.82, 2.24) is 10.2 Å². The van der Waals surface area contributed by atoms with Gasteiger partial charge in [0, 0.05) is 19.0 Å². The number of rotatable bonds is 2. The fourth-order valence-corrected chi connectivity index (χ4v) is 2.91. The predicted molar refractivity (Wildman–Crippen MR) is 68.8 cm³/mol. The summed E-state index contributed by atoms with van der Waals surface area (Å²) in [4.78, 5) is 36.4. The van der Waals surface area contributed by atoms with Gasteiger partial charge in [-0.15, -0.1) is 0 Å². The maximum atomic E-state index is 12.2. The van der Waals surface area contributed by atoms with Crippen LogP contribution in [-0.2, 0) is 14.4 Å². The van der Waals surface area contributed by atoms with Crippen molar-refractivity contribution in [3.63, 3.8) is 0 Å². The normalized spacial score (nSPS) is 35.6. The topological polar surface area (TPSA) is 92.5 Å². The van der Waals surface area contributed by atoms with E-state index in [2.05, 4.69) is 5.32 Å². The van der Waals surface area contributed by atoms with Crippen LogP contribution < -0.4 is 11.1 Å². The van der Waals surface area contributed by atoms with Crippen molar-refractivity contribution in [3.8, 4) is 0 Å². The zero-order valence-electron chi connectivity index (χ0n) is 11.4. The van der Waals surface area contributed by atoms with E-state index in [1.165, 1.54) is 7.05 Å². The number of nitrogens with one attached hydrogen (secondary N) is 1. The summed E-state index contributed by atoms with van der Waals surface area (Å²) in [6.45, 7) is 1.97. The molecule has 6 nitrogen and oxygen atoms in total. The Morgan fingerprint density at radius 1 is 1.37 bits per heavy atom. The molecule has 0 aromatic heterocycles. The quantitative estimate of drug-likeness (QED) is 0.667. The molecule has 19 heavy (non-hydrogen) atoms. The second kappa shape index (κ2) is 5.28. The molecular formula is C13H21N3O3. The van der Waals surface area contributed by atoms with Crippen LogP contribution in [0.15, 0.2) is 0 Å². The average Bonchev–Trinajstić information content (AvgIpc) is 2.60. The molecule has 3 amide bonds. The highest BCUT2D eigenvalue weighted by Crippen LogP contribution is 2.29. The summed E-state index contributed by atoms with van der Waals surface area (Å²) in [5.41, 5.74) is 5.98. The summed E-state index contributed by atoms with van der Waals surface area (Å²) in [5, 5.41) is 2.70. The molecule has 1 saturated heterocycles. The Hall–Kier alpha value is -1.43. The first-order valence-electron chi connectivity index (χ1n) is 6.78. The summed E-state index contributed by atoms with van der Waals surface area (Å²) in [6.07, 6.45) is 2.73. The molecule has 1 saturated carbocycles. The van der Waals surface area contributed by atoms with Crippen LogP contribution in [0.4, 0.5) is 0 Å². The standard InChI is InChI=1S/C13H21N3O3/c1-7-8(4-3-5-9(7)14)12(18)15-10-6-11(17)16(2)13(10)19/h7-10H,3-6,14H2,1-2H3,(H,15,18). The molecule has 1 aliphatic carbocycles. The first-order valence-corrected chi connectivity index (χ1v) is 6.78. The van der Waals surface area contributed by atoms with Gasteiger partial charge in [0.2, 0.25) is 11.8 Å². The van der Waals surface area contributed by atoms with Crippen LogP contribution in [0.3, 0.4) is 0 Å². The van der Waals surface area contributed by atoms with Gasteiger partial charge in [0.15, 0.2) is 0 Å². The van der Waals surface area contributed by atoms with Gasteiger partial charge in [-0.2, -0.15) is 0 Å². The number of carbonyl (C=O) groups excluding carboxylic acids is 3. The molecular weight excluding hydrogens is 246 g/mol. The molecule has 6 heteroatoms. The maximum Gasteiger partial charge on any atom is 0.252 e. The molecule has 0 spiro atoms. The van der Waals surface area contributed by atoms with Crippen molar-refractivity contribution in [2.45, 2.75) is 44.7 Å². The molecule has 0 bridgehead atoms. The first kappa shape index (κ1) is 14.0. The van der Waals surface area contributed by atoms with Crippen LogP contribution in [0, 0.1) is 11.8 Å². The molecule has 1 aliphatic heterocycles. The Morgan fingerprint density at radius 3 is 2.63 bits per heavy atom. The van der Waals surface area contributed by atoms with E-state index in [9.17, 15) is 14.4 Å².